The van der Waals surface area contributed by atoms with E-state index in [0.717, 1.165) is 5.69 Å². The van der Waals surface area contributed by atoms with Crippen LogP contribution in [0.1, 0.15) is 12.6 Å². The minimum Gasteiger partial charge on any atom is -0.481 e. The fourth-order valence-electron chi connectivity index (χ4n) is 3.07. The zero-order valence-corrected chi connectivity index (χ0v) is 11.5. The van der Waals surface area contributed by atoms with Crippen molar-refractivity contribution < 1.29 is 19.4 Å². The van der Waals surface area contributed by atoms with Gasteiger partial charge in [-0.15, -0.1) is 0 Å². The summed E-state index contributed by atoms with van der Waals surface area (Å²) in [6, 6.07) is 5.43. The molecule has 0 spiro atoms. The lowest BCUT2D eigenvalue weighted by Gasteiger charge is -2.27. The van der Waals surface area contributed by atoms with E-state index in [0.29, 0.717) is 0 Å². The number of hydrogen-bond acceptors (Lipinski definition) is 4. The minimum absolute atomic E-state index is 0.271. The zero-order valence-electron chi connectivity index (χ0n) is 11.5. The highest BCUT2D eigenvalue weighted by Crippen LogP contribution is 2.47. The summed E-state index contributed by atoms with van der Waals surface area (Å²) in [7, 11) is 0. The van der Waals surface area contributed by atoms with Crippen molar-refractivity contribution in [3.05, 3.63) is 42.2 Å². The van der Waals surface area contributed by atoms with Crippen LogP contribution in [0.2, 0.25) is 0 Å². The van der Waals surface area contributed by atoms with Gasteiger partial charge in [0, 0.05) is 6.20 Å². The molecule has 3 rings (SSSR count). The summed E-state index contributed by atoms with van der Waals surface area (Å²) >= 11 is 0. The number of ether oxygens (including phenoxy) is 1. The fraction of sp³-hybridized carbons (Fsp3) is 0.400. The van der Waals surface area contributed by atoms with E-state index in [-0.39, 0.29) is 12.5 Å². The standard InChI is InChI=1S/C15H16N2O4/c1-15-6-5-10(21-15)11(14(19)20)12(15)13(18)17-8-9-4-2-3-7-16-9/h2-7,10-12H,8H2,1H3,(H,17,18)(H,19,20). The Kier molecular flexibility index (Phi) is 3.25. The molecule has 1 saturated heterocycles. The van der Waals surface area contributed by atoms with Crippen LogP contribution in [0, 0.1) is 11.8 Å². The number of hydrogen-bond donors (Lipinski definition) is 2. The van der Waals surface area contributed by atoms with Crippen molar-refractivity contribution in [1.29, 1.82) is 0 Å². The second-order valence-electron chi connectivity index (χ2n) is 5.51. The van der Waals surface area contributed by atoms with Crippen molar-refractivity contribution in [2.24, 2.45) is 11.8 Å². The Labute approximate surface area is 121 Å². The third-order valence-corrected chi connectivity index (χ3v) is 4.07. The Morgan fingerprint density at radius 1 is 1.48 bits per heavy atom. The molecule has 6 nitrogen and oxygen atoms in total. The maximum absolute atomic E-state index is 12.4. The molecule has 1 fully saturated rings. The third kappa shape index (κ3) is 2.31. The van der Waals surface area contributed by atoms with Crippen molar-refractivity contribution in [2.75, 3.05) is 0 Å². The van der Waals surface area contributed by atoms with Crippen LogP contribution >= 0.6 is 0 Å². The smallest absolute Gasteiger partial charge is 0.310 e. The van der Waals surface area contributed by atoms with Crippen LogP contribution in [0.15, 0.2) is 36.5 Å². The molecule has 0 aromatic carbocycles. The third-order valence-electron chi connectivity index (χ3n) is 4.07. The number of carbonyl (C=O) groups is 2. The van der Waals surface area contributed by atoms with Gasteiger partial charge in [0.1, 0.15) is 5.92 Å². The summed E-state index contributed by atoms with van der Waals surface area (Å²) in [5.74, 6) is -2.90. The number of aromatic nitrogens is 1. The lowest BCUT2D eigenvalue weighted by atomic mass is 9.76. The van der Waals surface area contributed by atoms with Crippen molar-refractivity contribution in [1.82, 2.24) is 10.3 Å². The highest BCUT2D eigenvalue weighted by Gasteiger charge is 2.59. The van der Waals surface area contributed by atoms with Gasteiger partial charge in [-0.25, -0.2) is 0 Å². The van der Waals surface area contributed by atoms with Crippen molar-refractivity contribution in [3.63, 3.8) is 0 Å². The molecule has 6 heteroatoms. The summed E-state index contributed by atoms with van der Waals surface area (Å²) in [6.07, 6.45) is 4.62. The maximum atomic E-state index is 12.4. The van der Waals surface area contributed by atoms with Gasteiger partial charge in [0.05, 0.1) is 29.9 Å². The number of pyridine rings is 1. The number of rotatable bonds is 4. The van der Waals surface area contributed by atoms with E-state index < -0.39 is 29.5 Å². The second-order valence-corrected chi connectivity index (χ2v) is 5.51. The number of aliphatic carboxylic acids is 1. The Morgan fingerprint density at radius 2 is 2.29 bits per heavy atom. The van der Waals surface area contributed by atoms with Crippen molar-refractivity contribution >= 4 is 11.9 Å². The number of fused-ring (bicyclic) bond motifs is 2. The normalized spacial score (nSPS) is 33.1. The van der Waals surface area contributed by atoms with Gasteiger partial charge < -0.3 is 15.2 Å². The minimum atomic E-state index is -1.01. The van der Waals surface area contributed by atoms with E-state index in [1.54, 1.807) is 37.4 Å². The van der Waals surface area contributed by atoms with E-state index in [4.69, 9.17) is 4.74 Å². The zero-order chi connectivity index (χ0) is 15.0. The molecular formula is C15H16N2O4. The number of carbonyl (C=O) groups excluding carboxylic acids is 1. The lowest BCUT2D eigenvalue weighted by molar-refractivity contribution is -0.147. The van der Waals surface area contributed by atoms with Crippen LogP contribution in [0.25, 0.3) is 0 Å². The van der Waals surface area contributed by atoms with E-state index >= 15 is 0 Å². The molecule has 1 amide bonds. The van der Waals surface area contributed by atoms with Gasteiger partial charge in [0.15, 0.2) is 0 Å². The molecule has 2 aliphatic heterocycles. The first-order chi connectivity index (χ1) is 10.0. The number of carboxylic acids is 1. The molecule has 2 N–H and O–H groups in total. The number of carboxylic acid groups (broad SMARTS) is 1. The van der Waals surface area contributed by atoms with Crippen LogP contribution < -0.4 is 5.32 Å². The van der Waals surface area contributed by atoms with Gasteiger partial charge in [-0.3, -0.25) is 14.6 Å². The number of nitrogens with zero attached hydrogens (tertiary/aromatic N) is 1. The molecule has 21 heavy (non-hydrogen) atoms. The van der Waals surface area contributed by atoms with Crippen LogP contribution in [-0.2, 0) is 20.9 Å². The van der Waals surface area contributed by atoms with E-state index in [9.17, 15) is 14.7 Å². The van der Waals surface area contributed by atoms with Gasteiger partial charge in [-0.05, 0) is 19.1 Å². The Bertz CT molecular complexity index is 601. The molecule has 3 heterocycles. The predicted octanol–water partition coefficient (Wildman–Crippen LogP) is 0.742. The first-order valence-electron chi connectivity index (χ1n) is 6.79. The Balaban J connectivity index is 1.74. The van der Waals surface area contributed by atoms with Gasteiger partial charge in [0.2, 0.25) is 5.91 Å². The highest BCUT2D eigenvalue weighted by atomic mass is 16.5. The largest absolute Gasteiger partial charge is 0.481 e. The van der Waals surface area contributed by atoms with E-state index in [1.807, 2.05) is 6.07 Å². The molecule has 4 atom stereocenters. The average Bonchev–Trinajstić information content (AvgIpc) is 2.99. The Hall–Kier alpha value is -2.21. The van der Waals surface area contributed by atoms with Crippen LogP contribution in [0.3, 0.4) is 0 Å². The summed E-state index contributed by atoms with van der Waals surface area (Å²) in [5, 5.41) is 12.1. The van der Waals surface area contributed by atoms with E-state index in [2.05, 4.69) is 10.3 Å². The molecule has 4 unspecified atom stereocenters. The SMILES string of the molecule is CC12C=CC(O1)C(C(=O)O)C2C(=O)NCc1ccccn1. The molecule has 110 valence electrons. The summed E-state index contributed by atoms with van der Waals surface area (Å²) in [6.45, 7) is 2.02. The van der Waals surface area contributed by atoms with Crippen molar-refractivity contribution in [3.8, 4) is 0 Å². The number of amides is 1. The summed E-state index contributed by atoms with van der Waals surface area (Å²) in [4.78, 5) is 27.9. The second kappa shape index (κ2) is 4.96. The van der Waals surface area contributed by atoms with Crippen LogP contribution in [0.4, 0.5) is 0 Å². The quantitative estimate of drug-likeness (QED) is 0.798. The molecule has 0 aliphatic carbocycles. The van der Waals surface area contributed by atoms with E-state index in [1.165, 1.54) is 0 Å². The summed E-state index contributed by atoms with van der Waals surface area (Å²) in [5.41, 5.74) is -0.121. The topological polar surface area (TPSA) is 88.5 Å². The first kappa shape index (κ1) is 13.8. The molecule has 2 bridgehead atoms. The van der Waals surface area contributed by atoms with Gasteiger partial charge in [-0.1, -0.05) is 18.2 Å². The molecule has 0 saturated carbocycles. The first-order valence-corrected chi connectivity index (χ1v) is 6.79. The predicted molar refractivity (Wildman–Crippen MR) is 73.1 cm³/mol. The lowest BCUT2D eigenvalue weighted by Crippen LogP contribution is -2.46. The monoisotopic (exact) mass is 288 g/mol. The molecular weight excluding hydrogens is 272 g/mol. The fourth-order valence-corrected chi connectivity index (χ4v) is 3.07. The van der Waals surface area contributed by atoms with Crippen LogP contribution in [0.5, 0.6) is 0 Å². The Morgan fingerprint density at radius 3 is 2.95 bits per heavy atom. The van der Waals surface area contributed by atoms with Gasteiger partial charge in [-0.2, -0.15) is 0 Å². The van der Waals surface area contributed by atoms with Crippen LogP contribution in [-0.4, -0.2) is 33.7 Å². The molecule has 1 aromatic heterocycles. The van der Waals surface area contributed by atoms with Gasteiger partial charge in [0.25, 0.3) is 0 Å². The maximum Gasteiger partial charge on any atom is 0.310 e. The highest BCUT2D eigenvalue weighted by molar-refractivity contribution is 5.88. The molecule has 0 radical (unpaired) electrons. The number of nitrogens with one attached hydrogen (secondary N) is 1. The average molecular weight is 288 g/mol. The summed E-state index contributed by atoms with van der Waals surface area (Å²) < 4.78 is 5.65. The molecule has 2 aliphatic rings. The van der Waals surface area contributed by atoms with Gasteiger partial charge >= 0.3 is 5.97 Å². The van der Waals surface area contributed by atoms with Crippen molar-refractivity contribution in [2.45, 2.75) is 25.2 Å². The molecule has 1 aromatic rings.